The maximum Gasteiger partial charge on any atom is 0.269 e. The Balaban J connectivity index is 1.89. The molecule has 0 spiro atoms. The average molecular weight is 383 g/mol. The van der Waals surface area contributed by atoms with Crippen LogP contribution in [0.4, 0.5) is 5.95 Å². The molecular weight excluding hydrogens is 368 g/mol. The van der Waals surface area contributed by atoms with Crippen molar-refractivity contribution in [3.8, 4) is 0 Å². The molecule has 0 aliphatic carbocycles. The third-order valence-corrected chi connectivity index (χ3v) is 3.40. The van der Waals surface area contributed by atoms with Gasteiger partial charge in [-0.15, -0.1) is 5.10 Å². The number of aromatic nitrogens is 4. The van der Waals surface area contributed by atoms with Crippen LogP contribution in [0.15, 0.2) is 28.7 Å². The van der Waals surface area contributed by atoms with Gasteiger partial charge < -0.3 is 0 Å². The second-order valence-corrected chi connectivity index (χ2v) is 5.81. The number of rotatable bonds is 5. The second-order valence-electron chi connectivity index (χ2n) is 4.48. The fourth-order valence-corrected chi connectivity index (χ4v) is 2.21. The normalized spacial score (nSPS) is 10.3. The van der Waals surface area contributed by atoms with E-state index < -0.39 is 0 Å². The van der Waals surface area contributed by atoms with Crippen LogP contribution in [0.5, 0.6) is 0 Å². The maximum absolute atomic E-state index is 12.0. The Morgan fingerprint density at radius 1 is 1.45 bits per heavy atom. The number of anilines is 1. The molecule has 2 N–H and O–H groups in total. The highest BCUT2D eigenvalue weighted by molar-refractivity contribution is 9.10. The van der Waals surface area contributed by atoms with Gasteiger partial charge in [0.2, 0.25) is 0 Å². The third kappa shape index (κ3) is 4.85. The number of aryl methyl sites for hydroxylation is 1. The van der Waals surface area contributed by atoms with Gasteiger partial charge in [0.15, 0.2) is 5.11 Å². The minimum atomic E-state index is -0.308. The van der Waals surface area contributed by atoms with Crippen molar-refractivity contribution >= 4 is 45.1 Å². The van der Waals surface area contributed by atoms with Gasteiger partial charge in [0, 0.05) is 10.0 Å². The number of hydrogen-bond acceptors (Lipinski definition) is 5. The average Bonchev–Trinajstić information content (AvgIpc) is 2.92. The number of benzene rings is 1. The lowest BCUT2D eigenvalue weighted by atomic mass is 10.2. The Morgan fingerprint density at radius 2 is 2.27 bits per heavy atom. The van der Waals surface area contributed by atoms with E-state index in [2.05, 4.69) is 48.9 Å². The summed E-state index contributed by atoms with van der Waals surface area (Å²) in [5.41, 5.74) is 0.498. The molecular formula is C13H15BrN6OS. The van der Waals surface area contributed by atoms with Crippen LogP contribution >= 0.6 is 28.1 Å². The monoisotopic (exact) mass is 382 g/mol. The summed E-state index contributed by atoms with van der Waals surface area (Å²) in [6.45, 7) is 2.78. The van der Waals surface area contributed by atoms with E-state index in [1.54, 1.807) is 18.2 Å². The molecule has 7 nitrogen and oxygen atoms in total. The fraction of sp³-hybridized carbons (Fsp3) is 0.308. The van der Waals surface area contributed by atoms with E-state index in [9.17, 15) is 4.79 Å². The molecule has 2 rings (SSSR count). The van der Waals surface area contributed by atoms with Crippen molar-refractivity contribution in [2.24, 2.45) is 0 Å². The molecule has 0 atom stereocenters. The quantitative estimate of drug-likeness (QED) is 0.772. The molecule has 1 aromatic carbocycles. The summed E-state index contributed by atoms with van der Waals surface area (Å²) in [6.07, 6.45) is 2.02. The van der Waals surface area contributed by atoms with E-state index in [0.717, 1.165) is 17.3 Å². The Hall–Kier alpha value is -1.87. The van der Waals surface area contributed by atoms with Crippen LogP contribution in [0.25, 0.3) is 0 Å². The van der Waals surface area contributed by atoms with Crippen molar-refractivity contribution in [1.82, 2.24) is 25.5 Å². The molecule has 0 aliphatic rings. The topological polar surface area (TPSA) is 84.7 Å². The number of tetrazole rings is 1. The largest absolute Gasteiger partial charge is 0.299 e. The molecule has 0 bridgehead atoms. The molecule has 0 aliphatic heterocycles. The first-order valence-corrected chi connectivity index (χ1v) is 7.94. The molecule has 0 fully saturated rings. The zero-order valence-corrected chi connectivity index (χ0v) is 14.3. The molecule has 0 saturated carbocycles. The molecule has 1 amide bonds. The predicted octanol–water partition coefficient (Wildman–Crippen LogP) is 2.36. The van der Waals surface area contributed by atoms with Crippen LogP contribution in [-0.4, -0.2) is 31.2 Å². The van der Waals surface area contributed by atoms with Crippen molar-refractivity contribution in [2.75, 3.05) is 5.32 Å². The van der Waals surface area contributed by atoms with Crippen LogP contribution < -0.4 is 10.6 Å². The minimum absolute atomic E-state index is 0.125. The Morgan fingerprint density at radius 3 is 3.00 bits per heavy atom. The van der Waals surface area contributed by atoms with E-state index in [-0.39, 0.29) is 17.0 Å². The summed E-state index contributed by atoms with van der Waals surface area (Å²) in [6, 6.07) is 7.02. The van der Waals surface area contributed by atoms with Crippen LogP contribution in [-0.2, 0) is 6.54 Å². The van der Waals surface area contributed by atoms with E-state index in [0.29, 0.717) is 12.1 Å². The van der Waals surface area contributed by atoms with Gasteiger partial charge in [0.25, 0.3) is 11.9 Å². The highest BCUT2D eigenvalue weighted by Crippen LogP contribution is 2.11. The summed E-state index contributed by atoms with van der Waals surface area (Å²) in [5.74, 6) is -0.0483. The molecule has 9 heteroatoms. The summed E-state index contributed by atoms with van der Waals surface area (Å²) >= 11 is 8.38. The van der Waals surface area contributed by atoms with Gasteiger partial charge >= 0.3 is 0 Å². The molecule has 0 unspecified atom stereocenters. The summed E-state index contributed by atoms with van der Waals surface area (Å²) < 4.78 is 0.819. The first-order valence-electron chi connectivity index (χ1n) is 6.74. The third-order valence-electron chi connectivity index (χ3n) is 2.70. The number of carbonyl (C=O) groups excluding carboxylic acids is 1. The number of hydrogen-bond donors (Lipinski definition) is 2. The standard InChI is InChI=1S/C13H15BrN6OS/c1-2-3-7-20-18-12(17-19-20)16-13(22)15-11(21)9-5-4-6-10(14)8-9/h4-6,8H,2-3,7H2,1H3,(H2,15,16,18,21,22). The smallest absolute Gasteiger partial charge is 0.269 e. The molecule has 1 aromatic heterocycles. The minimum Gasteiger partial charge on any atom is -0.299 e. The van der Waals surface area contributed by atoms with Gasteiger partial charge in [-0.2, -0.15) is 4.80 Å². The summed E-state index contributed by atoms with van der Waals surface area (Å²) in [7, 11) is 0. The predicted molar refractivity (Wildman–Crippen MR) is 90.6 cm³/mol. The van der Waals surface area contributed by atoms with Crippen molar-refractivity contribution < 1.29 is 4.79 Å². The van der Waals surface area contributed by atoms with Gasteiger partial charge in [0.1, 0.15) is 0 Å². The van der Waals surface area contributed by atoms with Crippen molar-refractivity contribution in [3.63, 3.8) is 0 Å². The lowest BCUT2D eigenvalue weighted by Gasteiger charge is -2.06. The number of amides is 1. The first kappa shape index (κ1) is 16.5. The van der Waals surface area contributed by atoms with E-state index in [1.807, 2.05) is 6.07 Å². The lowest BCUT2D eigenvalue weighted by Crippen LogP contribution is -2.34. The van der Waals surface area contributed by atoms with Crippen LogP contribution in [0.1, 0.15) is 30.1 Å². The number of unbranched alkanes of at least 4 members (excludes halogenated alkanes) is 1. The van der Waals surface area contributed by atoms with Gasteiger partial charge in [0.05, 0.1) is 6.54 Å². The SMILES string of the molecule is CCCCn1nnc(NC(=S)NC(=O)c2cccc(Br)c2)n1. The van der Waals surface area contributed by atoms with Crippen LogP contribution in [0.3, 0.4) is 0 Å². The number of nitrogens with one attached hydrogen (secondary N) is 2. The highest BCUT2D eigenvalue weighted by Gasteiger charge is 2.10. The summed E-state index contributed by atoms with van der Waals surface area (Å²) in [4.78, 5) is 13.5. The molecule has 22 heavy (non-hydrogen) atoms. The zero-order chi connectivity index (χ0) is 15.9. The number of carbonyl (C=O) groups is 1. The Labute approximate surface area is 141 Å². The fourth-order valence-electron chi connectivity index (χ4n) is 1.63. The van der Waals surface area contributed by atoms with Gasteiger partial charge in [-0.25, -0.2) is 0 Å². The van der Waals surface area contributed by atoms with E-state index >= 15 is 0 Å². The van der Waals surface area contributed by atoms with Gasteiger partial charge in [-0.3, -0.25) is 15.4 Å². The number of halogens is 1. The van der Waals surface area contributed by atoms with E-state index in [1.165, 1.54) is 4.80 Å². The van der Waals surface area contributed by atoms with Gasteiger partial charge in [-0.05, 0) is 42.1 Å². The van der Waals surface area contributed by atoms with Crippen LogP contribution in [0, 0.1) is 0 Å². The molecule has 2 aromatic rings. The van der Waals surface area contributed by atoms with Crippen LogP contribution in [0.2, 0.25) is 0 Å². The Kier molecular flexibility index (Phi) is 5.96. The Bertz CT molecular complexity index is 674. The van der Waals surface area contributed by atoms with Gasteiger partial charge in [-0.1, -0.05) is 40.4 Å². The lowest BCUT2D eigenvalue weighted by molar-refractivity contribution is 0.0977. The maximum atomic E-state index is 12.0. The summed E-state index contributed by atoms with van der Waals surface area (Å²) in [5, 5.41) is 17.3. The van der Waals surface area contributed by atoms with Crippen molar-refractivity contribution in [1.29, 1.82) is 0 Å². The van der Waals surface area contributed by atoms with E-state index in [4.69, 9.17) is 12.2 Å². The zero-order valence-electron chi connectivity index (χ0n) is 11.9. The molecule has 0 saturated heterocycles. The number of nitrogens with zero attached hydrogens (tertiary/aromatic N) is 4. The second kappa shape index (κ2) is 7.95. The molecule has 1 heterocycles. The first-order chi connectivity index (χ1) is 10.6. The van der Waals surface area contributed by atoms with Crippen molar-refractivity contribution in [3.05, 3.63) is 34.3 Å². The highest BCUT2D eigenvalue weighted by atomic mass is 79.9. The molecule has 0 radical (unpaired) electrons. The van der Waals surface area contributed by atoms with Crippen molar-refractivity contribution in [2.45, 2.75) is 26.3 Å². The number of thiocarbonyl (C=S) groups is 1. The molecule has 116 valence electrons.